The maximum Gasteiger partial charge on any atom is 0.181 e. The molecule has 0 aliphatic rings. The number of aromatic amines is 1. The highest BCUT2D eigenvalue weighted by Gasteiger charge is 2.13. The van der Waals surface area contributed by atoms with Gasteiger partial charge in [0, 0.05) is 30.2 Å². The molecule has 154 valence electrons. The Bertz CT molecular complexity index is 1070. The van der Waals surface area contributed by atoms with Crippen LogP contribution in [0.3, 0.4) is 0 Å². The van der Waals surface area contributed by atoms with Crippen molar-refractivity contribution in [2.24, 2.45) is 0 Å². The van der Waals surface area contributed by atoms with E-state index in [-0.39, 0.29) is 0 Å². The third kappa shape index (κ3) is 4.42. The quantitative estimate of drug-likeness (QED) is 0.456. The van der Waals surface area contributed by atoms with Crippen LogP contribution >= 0.6 is 0 Å². The molecule has 4 rings (SSSR count). The monoisotopic (exact) mass is 402 g/mol. The molecule has 0 spiro atoms. The molecule has 1 N–H and O–H groups in total. The summed E-state index contributed by atoms with van der Waals surface area (Å²) in [5.41, 5.74) is 3.91. The van der Waals surface area contributed by atoms with Crippen LogP contribution in [0.5, 0.6) is 0 Å². The number of nitrogens with zero attached hydrogens (tertiary/aromatic N) is 7. The maximum absolute atomic E-state index is 4.76. The Morgan fingerprint density at radius 2 is 1.87 bits per heavy atom. The topological polar surface area (TPSA) is 98.1 Å². The van der Waals surface area contributed by atoms with E-state index >= 15 is 0 Å². The van der Waals surface area contributed by atoms with Gasteiger partial charge < -0.3 is 0 Å². The minimum absolute atomic E-state index is 0.605. The van der Waals surface area contributed by atoms with Gasteiger partial charge in [0.2, 0.25) is 0 Å². The lowest BCUT2D eigenvalue weighted by Crippen LogP contribution is -2.07. The number of hydrogen-bond donors (Lipinski definition) is 1. The van der Waals surface area contributed by atoms with Crippen LogP contribution in [-0.2, 0) is 19.4 Å². The van der Waals surface area contributed by atoms with E-state index in [1.54, 1.807) is 6.20 Å². The van der Waals surface area contributed by atoms with E-state index in [0.717, 1.165) is 67.1 Å². The number of aromatic nitrogens is 8. The molecule has 0 fully saturated rings. The molecule has 0 aliphatic carbocycles. The van der Waals surface area contributed by atoms with Gasteiger partial charge in [-0.3, -0.25) is 4.98 Å². The van der Waals surface area contributed by atoms with Crippen LogP contribution in [-0.4, -0.2) is 40.4 Å². The first-order valence-electron chi connectivity index (χ1n) is 10.5. The van der Waals surface area contributed by atoms with Gasteiger partial charge in [0.15, 0.2) is 11.6 Å². The summed E-state index contributed by atoms with van der Waals surface area (Å²) in [7, 11) is 0. The van der Waals surface area contributed by atoms with Crippen LogP contribution in [0.25, 0.3) is 22.6 Å². The molecule has 1 aromatic carbocycles. The van der Waals surface area contributed by atoms with E-state index in [2.05, 4.69) is 68.4 Å². The Morgan fingerprint density at radius 1 is 1.00 bits per heavy atom. The van der Waals surface area contributed by atoms with Crippen LogP contribution in [0, 0.1) is 0 Å². The van der Waals surface area contributed by atoms with Crippen molar-refractivity contribution in [2.45, 2.75) is 52.5 Å². The molecule has 0 bridgehead atoms. The predicted molar refractivity (Wildman–Crippen MR) is 115 cm³/mol. The highest BCUT2D eigenvalue weighted by Crippen LogP contribution is 2.27. The molecule has 0 saturated carbocycles. The fraction of sp³-hybridized carbons (Fsp3) is 0.364. The van der Waals surface area contributed by atoms with Crippen molar-refractivity contribution < 1.29 is 0 Å². The summed E-state index contributed by atoms with van der Waals surface area (Å²) in [6.07, 6.45) is 7.00. The zero-order valence-electron chi connectivity index (χ0n) is 17.4. The largest absolute Gasteiger partial charge is 0.255 e. The molecular weight excluding hydrogens is 376 g/mol. The van der Waals surface area contributed by atoms with Gasteiger partial charge in [-0.15, -0.1) is 5.10 Å². The lowest BCUT2D eigenvalue weighted by molar-refractivity contribution is 0.621. The second kappa shape index (κ2) is 9.39. The zero-order valence-corrected chi connectivity index (χ0v) is 17.4. The Kier molecular flexibility index (Phi) is 6.22. The van der Waals surface area contributed by atoms with E-state index in [4.69, 9.17) is 10.1 Å². The summed E-state index contributed by atoms with van der Waals surface area (Å²) in [4.78, 5) is 9.30. The second-order valence-corrected chi connectivity index (χ2v) is 7.30. The van der Waals surface area contributed by atoms with Crippen LogP contribution < -0.4 is 0 Å². The third-order valence-corrected chi connectivity index (χ3v) is 4.99. The van der Waals surface area contributed by atoms with Crippen molar-refractivity contribution in [3.8, 4) is 22.6 Å². The SMILES string of the molecule is CCCCc1nc(CCC)n(Cc2ccc(-c3ncccc3-c3nnn[nH]3)cc2)n1. The van der Waals surface area contributed by atoms with Crippen molar-refractivity contribution in [3.05, 3.63) is 59.8 Å². The van der Waals surface area contributed by atoms with Gasteiger partial charge in [-0.1, -0.05) is 44.5 Å². The molecule has 0 saturated heterocycles. The molecule has 30 heavy (non-hydrogen) atoms. The first-order valence-corrected chi connectivity index (χ1v) is 10.5. The van der Waals surface area contributed by atoms with E-state index in [1.807, 2.05) is 12.1 Å². The normalized spacial score (nSPS) is 11.1. The molecule has 0 aliphatic heterocycles. The molecule has 0 atom stereocenters. The van der Waals surface area contributed by atoms with Crippen LogP contribution in [0.15, 0.2) is 42.6 Å². The van der Waals surface area contributed by atoms with Gasteiger partial charge in [-0.05, 0) is 41.0 Å². The van der Waals surface area contributed by atoms with Gasteiger partial charge >= 0.3 is 0 Å². The number of H-pyrrole nitrogens is 1. The molecule has 3 heterocycles. The van der Waals surface area contributed by atoms with Gasteiger partial charge in [0.25, 0.3) is 0 Å². The average Bonchev–Trinajstić information content (AvgIpc) is 3.44. The van der Waals surface area contributed by atoms with Gasteiger partial charge in [-0.25, -0.2) is 14.8 Å². The van der Waals surface area contributed by atoms with Crippen LogP contribution in [0.2, 0.25) is 0 Å². The Morgan fingerprint density at radius 3 is 2.60 bits per heavy atom. The highest BCUT2D eigenvalue weighted by molar-refractivity contribution is 5.76. The summed E-state index contributed by atoms with van der Waals surface area (Å²) >= 11 is 0. The first-order chi connectivity index (χ1) is 14.8. The Hall–Kier alpha value is -3.42. The number of tetrazole rings is 1. The van der Waals surface area contributed by atoms with Gasteiger partial charge in [0.1, 0.15) is 5.82 Å². The summed E-state index contributed by atoms with van der Waals surface area (Å²) in [6.45, 7) is 5.08. The smallest absolute Gasteiger partial charge is 0.181 e. The molecule has 4 aromatic rings. The van der Waals surface area contributed by atoms with E-state index in [0.29, 0.717) is 5.82 Å². The molecule has 8 heteroatoms. The van der Waals surface area contributed by atoms with Crippen molar-refractivity contribution >= 4 is 0 Å². The van der Waals surface area contributed by atoms with Crippen LogP contribution in [0.4, 0.5) is 0 Å². The minimum Gasteiger partial charge on any atom is -0.255 e. The Labute approximate surface area is 175 Å². The molecule has 8 nitrogen and oxygen atoms in total. The molecular formula is C22H26N8. The van der Waals surface area contributed by atoms with Crippen molar-refractivity contribution in [2.75, 3.05) is 0 Å². The average molecular weight is 403 g/mol. The molecule has 0 unspecified atom stereocenters. The van der Waals surface area contributed by atoms with Crippen molar-refractivity contribution in [1.29, 1.82) is 0 Å². The van der Waals surface area contributed by atoms with E-state index in [1.165, 1.54) is 5.56 Å². The maximum atomic E-state index is 4.76. The molecule has 0 amide bonds. The van der Waals surface area contributed by atoms with Crippen molar-refractivity contribution in [1.82, 2.24) is 40.4 Å². The number of benzene rings is 1. The zero-order chi connectivity index (χ0) is 20.8. The second-order valence-electron chi connectivity index (χ2n) is 7.30. The standard InChI is InChI=1S/C22H26N8/c1-3-5-9-19-24-20(7-4-2)30(27-19)15-16-10-12-17(13-11-16)21-18(8-6-14-23-21)22-25-28-29-26-22/h6,8,10-14H,3-5,7,9,15H2,1-2H3,(H,25,26,28,29). The first kappa shape index (κ1) is 19.9. The summed E-state index contributed by atoms with van der Waals surface area (Å²) in [5.74, 6) is 2.63. The summed E-state index contributed by atoms with van der Waals surface area (Å²) < 4.78 is 2.05. The molecule has 3 aromatic heterocycles. The van der Waals surface area contributed by atoms with Gasteiger partial charge in [0.05, 0.1) is 12.2 Å². The number of rotatable bonds is 9. The highest BCUT2D eigenvalue weighted by atomic mass is 15.5. The number of aryl methyl sites for hydroxylation is 2. The number of nitrogens with one attached hydrogen (secondary N) is 1. The Balaban J connectivity index is 1.56. The lowest BCUT2D eigenvalue weighted by Gasteiger charge is -2.08. The van der Waals surface area contributed by atoms with Gasteiger partial charge in [-0.2, -0.15) is 5.10 Å². The van der Waals surface area contributed by atoms with Crippen molar-refractivity contribution in [3.63, 3.8) is 0 Å². The number of unbranched alkanes of at least 4 members (excludes halogenated alkanes) is 1. The summed E-state index contributed by atoms with van der Waals surface area (Å²) in [5, 5.41) is 18.9. The summed E-state index contributed by atoms with van der Waals surface area (Å²) in [6, 6.07) is 12.2. The minimum atomic E-state index is 0.605. The fourth-order valence-electron chi connectivity index (χ4n) is 3.44. The van der Waals surface area contributed by atoms with E-state index < -0.39 is 0 Å². The fourth-order valence-corrected chi connectivity index (χ4v) is 3.44. The third-order valence-electron chi connectivity index (χ3n) is 4.99. The number of hydrogen-bond acceptors (Lipinski definition) is 6. The predicted octanol–water partition coefficient (Wildman–Crippen LogP) is 3.86. The number of pyridine rings is 1. The van der Waals surface area contributed by atoms with Crippen LogP contribution in [0.1, 0.15) is 50.3 Å². The lowest BCUT2D eigenvalue weighted by atomic mass is 10.0. The van der Waals surface area contributed by atoms with E-state index in [9.17, 15) is 0 Å². The molecule has 0 radical (unpaired) electrons.